The fourth-order valence-corrected chi connectivity index (χ4v) is 2.29. The Hall–Kier alpha value is -2.42. The Balaban J connectivity index is 1.91. The molecule has 0 aliphatic heterocycles. The number of hydrogen-bond donors (Lipinski definition) is 0. The minimum Gasteiger partial charge on any atom is -0.488 e. The summed E-state index contributed by atoms with van der Waals surface area (Å²) in [6, 6.07) is 12.1. The lowest BCUT2D eigenvalue weighted by Crippen LogP contribution is -1.93. The van der Waals surface area contributed by atoms with Crippen LogP contribution in [-0.2, 0) is 0 Å². The first-order valence-electron chi connectivity index (χ1n) is 8.30. The molecule has 1 unspecified atom stereocenters. The van der Waals surface area contributed by atoms with Gasteiger partial charge in [-0.2, -0.15) is 0 Å². The van der Waals surface area contributed by atoms with E-state index in [1.54, 1.807) is 19.2 Å². The van der Waals surface area contributed by atoms with Gasteiger partial charge in [-0.3, -0.25) is 4.98 Å². The minimum absolute atomic E-state index is 0.478. The highest BCUT2D eigenvalue weighted by atomic mass is 19.1. The highest BCUT2D eigenvalue weighted by Crippen LogP contribution is 2.20. The zero-order chi connectivity index (χ0) is 17.2. The van der Waals surface area contributed by atoms with Crippen molar-refractivity contribution in [1.29, 1.82) is 0 Å². The van der Waals surface area contributed by atoms with Gasteiger partial charge in [0.05, 0.1) is 18.1 Å². The number of benzene rings is 1. The monoisotopic (exact) mass is 325 g/mol. The zero-order valence-corrected chi connectivity index (χ0v) is 14.1. The number of ether oxygens (including phenoxy) is 1. The van der Waals surface area contributed by atoms with Gasteiger partial charge >= 0.3 is 0 Å². The first-order chi connectivity index (χ1) is 11.7. The van der Waals surface area contributed by atoms with Crippen molar-refractivity contribution in [2.24, 2.45) is 0 Å². The Bertz CT molecular complexity index is 645. The van der Waals surface area contributed by atoms with E-state index in [0.717, 1.165) is 35.4 Å². The van der Waals surface area contributed by atoms with Crippen molar-refractivity contribution in [3.8, 4) is 17.0 Å². The lowest BCUT2D eigenvalue weighted by molar-refractivity contribution is 0.335. The van der Waals surface area contributed by atoms with Crippen LogP contribution in [-0.4, -0.2) is 17.8 Å². The molecule has 1 heterocycles. The third kappa shape index (κ3) is 5.99. The lowest BCUT2D eigenvalue weighted by Gasteiger charge is -2.05. The summed E-state index contributed by atoms with van der Waals surface area (Å²) in [5, 5.41) is 0. The van der Waals surface area contributed by atoms with Crippen molar-refractivity contribution in [3.63, 3.8) is 0 Å². The highest BCUT2D eigenvalue weighted by Gasteiger charge is 2.00. The van der Waals surface area contributed by atoms with Crippen LogP contribution in [0.2, 0.25) is 0 Å². The molecule has 0 N–H and O–H groups in total. The first-order valence-corrected chi connectivity index (χ1v) is 8.30. The number of aromatic nitrogens is 1. The SMILES string of the molecule is C=CCOc1ccc(-c2ccc(/C=C/CCCC(C)F)cc2)nc1. The summed E-state index contributed by atoms with van der Waals surface area (Å²) >= 11 is 0. The number of alkyl halides is 1. The second-order valence-electron chi connectivity index (χ2n) is 5.71. The molecule has 0 saturated heterocycles. The molecule has 2 nitrogen and oxygen atoms in total. The number of halogens is 1. The van der Waals surface area contributed by atoms with E-state index in [4.69, 9.17) is 4.74 Å². The number of rotatable bonds is 9. The van der Waals surface area contributed by atoms with Crippen molar-refractivity contribution in [2.75, 3.05) is 6.61 Å². The maximum absolute atomic E-state index is 12.7. The molecule has 0 aliphatic carbocycles. The Morgan fingerprint density at radius 3 is 2.62 bits per heavy atom. The van der Waals surface area contributed by atoms with Crippen LogP contribution < -0.4 is 4.74 Å². The number of hydrogen-bond acceptors (Lipinski definition) is 2. The topological polar surface area (TPSA) is 22.1 Å². The summed E-state index contributed by atoms with van der Waals surface area (Å²) in [7, 11) is 0. The molecular weight excluding hydrogens is 301 g/mol. The van der Waals surface area contributed by atoms with Crippen molar-refractivity contribution >= 4 is 6.08 Å². The van der Waals surface area contributed by atoms with Crippen LogP contribution in [0.5, 0.6) is 5.75 Å². The third-order valence-corrected chi connectivity index (χ3v) is 3.59. The average molecular weight is 325 g/mol. The molecule has 1 aromatic heterocycles. The van der Waals surface area contributed by atoms with E-state index >= 15 is 0 Å². The fourth-order valence-electron chi connectivity index (χ4n) is 2.29. The summed E-state index contributed by atoms with van der Waals surface area (Å²) in [5.74, 6) is 0.737. The van der Waals surface area contributed by atoms with Crippen LogP contribution in [0.15, 0.2) is 61.3 Å². The van der Waals surface area contributed by atoms with E-state index in [0.29, 0.717) is 13.0 Å². The highest BCUT2D eigenvalue weighted by molar-refractivity contribution is 5.62. The van der Waals surface area contributed by atoms with E-state index in [-0.39, 0.29) is 0 Å². The first kappa shape index (κ1) is 17.9. The van der Waals surface area contributed by atoms with Crippen LogP contribution in [0.3, 0.4) is 0 Å². The van der Waals surface area contributed by atoms with Gasteiger partial charge in [-0.05, 0) is 43.9 Å². The molecule has 0 amide bonds. The minimum atomic E-state index is -0.709. The number of nitrogens with zero attached hydrogens (tertiary/aromatic N) is 1. The molecule has 126 valence electrons. The Kier molecular flexibility index (Phi) is 7.21. The van der Waals surface area contributed by atoms with Crippen LogP contribution in [0.25, 0.3) is 17.3 Å². The zero-order valence-electron chi connectivity index (χ0n) is 14.1. The van der Waals surface area contributed by atoms with Gasteiger partial charge in [0.2, 0.25) is 0 Å². The summed E-state index contributed by atoms with van der Waals surface area (Å²) in [4.78, 5) is 4.42. The van der Waals surface area contributed by atoms with E-state index in [2.05, 4.69) is 48.0 Å². The smallest absolute Gasteiger partial charge is 0.138 e. The van der Waals surface area contributed by atoms with Gasteiger partial charge in [0.15, 0.2) is 0 Å². The van der Waals surface area contributed by atoms with Gasteiger partial charge < -0.3 is 4.74 Å². The molecule has 0 saturated carbocycles. The molecular formula is C21H24FNO. The van der Waals surface area contributed by atoms with Crippen LogP contribution in [0.1, 0.15) is 31.7 Å². The summed E-state index contributed by atoms with van der Waals surface area (Å²) in [5.41, 5.74) is 3.11. The molecule has 3 heteroatoms. The maximum atomic E-state index is 12.7. The maximum Gasteiger partial charge on any atom is 0.138 e. The normalized spacial score (nSPS) is 12.2. The molecule has 1 atom stereocenters. The lowest BCUT2D eigenvalue weighted by atomic mass is 10.1. The average Bonchev–Trinajstić information content (AvgIpc) is 2.60. The molecule has 2 aromatic rings. The molecule has 2 rings (SSSR count). The van der Waals surface area contributed by atoms with Crippen molar-refractivity contribution in [2.45, 2.75) is 32.4 Å². The molecule has 24 heavy (non-hydrogen) atoms. The second kappa shape index (κ2) is 9.66. The van der Waals surface area contributed by atoms with Crippen molar-refractivity contribution in [3.05, 3.63) is 66.9 Å². The molecule has 0 aliphatic rings. The van der Waals surface area contributed by atoms with Crippen LogP contribution >= 0.6 is 0 Å². The molecule has 0 bridgehead atoms. The standard InChI is InChI=1S/C21H24FNO/c1-3-15-24-20-13-14-21(23-16-20)19-11-9-18(10-12-19)8-6-4-5-7-17(2)22/h3,6,8-14,16-17H,1,4-5,7,15H2,2H3/b8-6+. The molecule has 1 aromatic carbocycles. The summed E-state index contributed by atoms with van der Waals surface area (Å²) < 4.78 is 18.1. The van der Waals surface area contributed by atoms with Crippen LogP contribution in [0, 0.1) is 0 Å². The summed E-state index contributed by atoms with van der Waals surface area (Å²) in [6.45, 7) is 5.70. The predicted octanol–water partition coefficient (Wildman–Crippen LogP) is 5.85. The molecule has 0 radical (unpaired) electrons. The van der Waals surface area contributed by atoms with E-state index < -0.39 is 6.17 Å². The van der Waals surface area contributed by atoms with E-state index in [1.165, 1.54) is 0 Å². The Morgan fingerprint density at radius 1 is 1.21 bits per heavy atom. The van der Waals surface area contributed by atoms with Crippen molar-refractivity contribution in [1.82, 2.24) is 4.98 Å². The van der Waals surface area contributed by atoms with Gasteiger partial charge in [0.25, 0.3) is 0 Å². The van der Waals surface area contributed by atoms with Crippen LogP contribution in [0.4, 0.5) is 4.39 Å². The third-order valence-electron chi connectivity index (χ3n) is 3.59. The van der Waals surface area contributed by atoms with Gasteiger partial charge in [-0.25, -0.2) is 4.39 Å². The molecule has 0 spiro atoms. The van der Waals surface area contributed by atoms with E-state index in [1.807, 2.05) is 12.1 Å². The largest absolute Gasteiger partial charge is 0.488 e. The predicted molar refractivity (Wildman–Crippen MR) is 98.8 cm³/mol. The second-order valence-corrected chi connectivity index (χ2v) is 5.71. The number of pyridine rings is 1. The number of unbranched alkanes of at least 4 members (excludes halogenated alkanes) is 1. The van der Waals surface area contributed by atoms with Gasteiger partial charge in [-0.15, -0.1) is 0 Å². The molecule has 0 fully saturated rings. The van der Waals surface area contributed by atoms with Crippen molar-refractivity contribution < 1.29 is 9.13 Å². The summed E-state index contributed by atoms with van der Waals surface area (Å²) in [6.07, 6.45) is 9.31. The van der Waals surface area contributed by atoms with Gasteiger partial charge in [0.1, 0.15) is 12.4 Å². The Morgan fingerprint density at radius 2 is 2.00 bits per heavy atom. The quantitative estimate of drug-likeness (QED) is 0.426. The van der Waals surface area contributed by atoms with Gasteiger partial charge in [-0.1, -0.05) is 49.1 Å². The number of allylic oxidation sites excluding steroid dienone is 1. The van der Waals surface area contributed by atoms with Gasteiger partial charge in [0, 0.05) is 5.56 Å². The van der Waals surface area contributed by atoms with E-state index in [9.17, 15) is 4.39 Å². The fraction of sp³-hybridized carbons (Fsp3) is 0.286. The Labute approximate surface area is 143 Å².